The van der Waals surface area contributed by atoms with Crippen molar-refractivity contribution in [3.8, 4) is 0 Å². The highest BCUT2D eigenvalue weighted by Gasteiger charge is 2.22. The van der Waals surface area contributed by atoms with Crippen LogP contribution in [0.2, 0.25) is 0 Å². The Kier molecular flexibility index (Phi) is 3.36. The van der Waals surface area contributed by atoms with Crippen LogP contribution in [0, 0.1) is 5.92 Å². The number of fused-ring (bicyclic) bond motifs is 6. The average Bonchev–Trinajstić information content (AvgIpc) is 3.25. The Bertz CT molecular complexity index is 1310. The van der Waals surface area contributed by atoms with Crippen LogP contribution in [0.15, 0.2) is 61.5 Å². The van der Waals surface area contributed by atoms with E-state index < -0.39 is 0 Å². The highest BCUT2D eigenvalue weighted by Crippen LogP contribution is 2.40. The summed E-state index contributed by atoms with van der Waals surface area (Å²) in [4.78, 5) is 0. The lowest BCUT2D eigenvalue weighted by molar-refractivity contribution is 0.584. The van der Waals surface area contributed by atoms with Crippen molar-refractivity contribution in [2.75, 3.05) is 0 Å². The summed E-state index contributed by atoms with van der Waals surface area (Å²) in [6.45, 7) is 2.26. The molecule has 0 N–H and O–H groups in total. The SMILES string of the molecule is CC1C=Cc2oc3ccc(C4=CI=Cc5c4oc4ccccc54)cc3c2C1. The first-order valence-electron chi connectivity index (χ1n) is 9.19. The highest BCUT2D eigenvalue weighted by molar-refractivity contribution is 14.2. The zero-order chi connectivity index (χ0) is 18.0. The predicted octanol–water partition coefficient (Wildman–Crippen LogP) is 6.91. The number of para-hydroxylation sites is 1. The molecule has 2 aromatic heterocycles. The molecule has 1 aliphatic carbocycles. The molecule has 0 fully saturated rings. The zero-order valence-electron chi connectivity index (χ0n) is 14.8. The fourth-order valence-electron chi connectivity index (χ4n) is 4.10. The van der Waals surface area contributed by atoms with E-state index in [1.807, 2.05) is 6.07 Å². The summed E-state index contributed by atoms with van der Waals surface area (Å²) in [6, 6.07) is 14.9. The van der Waals surface area contributed by atoms with Crippen LogP contribution in [-0.2, 0) is 6.42 Å². The molecule has 0 amide bonds. The van der Waals surface area contributed by atoms with Crippen molar-refractivity contribution in [2.24, 2.45) is 5.92 Å². The summed E-state index contributed by atoms with van der Waals surface area (Å²) in [7, 11) is 0. The molecule has 0 saturated heterocycles. The van der Waals surface area contributed by atoms with Gasteiger partial charge in [-0.15, -0.1) is 0 Å². The molecule has 0 spiro atoms. The van der Waals surface area contributed by atoms with Crippen molar-refractivity contribution < 1.29 is 8.83 Å². The lowest BCUT2D eigenvalue weighted by atomic mass is 9.92. The molecular weight excluding hydrogens is 447 g/mol. The number of furan rings is 2. The van der Waals surface area contributed by atoms with Gasteiger partial charge < -0.3 is 8.83 Å². The second-order valence-electron chi connectivity index (χ2n) is 7.30. The van der Waals surface area contributed by atoms with Gasteiger partial charge in [-0.1, -0.05) is 58.0 Å². The smallest absolute Gasteiger partial charge is 0.144 e. The van der Waals surface area contributed by atoms with Crippen molar-refractivity contribution in [1.82, 2.24) is 0 Å². The van der Waals surface area contributed by atoms with Gasteiger partial charge in [-0.05, 0) is 50.3 Å². The lowest BCUT2D eigenvalue weighted by Crippen LogP contribution is -2.01. The Labute approximate surface area is 166 Å². The number of hydrogen-bond donors (Lipinski definition) is 0. The van der Waals surface area contributed by atoms with Crippen molar-refractivity contribution in [3.05, 3.63) is 80.8 Å². The van der Waals surface area contributed by atoms with Crippen LogP contribution in [0.4, 0.5) is 0 Å². The molecule has 2 aromatic carbocycles. The van der Waals surface area contributed by atoms with Crippen LogP contribution >= 0.6 is 20.7 Å². The molecule has 132 valence electrons. The molecular formula is C24H17IO2. The third kappa shape index (κ3) is 2.34. The maximum absolute atomic E-state index is 6.26. The molecule has 4 aromatic rings. The number of hydrogen-bond acceptors (Lipinski definition) is 2. The van der Waals surface area contributed by atoms with Crippen molar-refractivity contribution in [2.45, 2.75) is 13.3 Å². The Morgan fingerprint density at radius 2 is 1.89 bits per heavy atom. The topological polar surface area (TPSA) is 26.3 Å². The minimum atomic E-state index is -0.121. The zero-order valence-corrected chi connectivity index (χ0v) is 17.0. The van der Waals surface area contributed by atoms with Crippen molar-refractivity contribution in [1.29, 1.82) is 0 Å². The fraction of sp³-hybridized carbons (Fsp3) is 0.125. The van der Waals surface area contributed by atoms with Gasteiger partial charge in [0.15, 0.2) is 0 Å². The molecule has 1 unspecified atom stereocenters. The van der Waals surface area contributed by atoms with Gasteiger partial charge in [0.1, 0.15) is 22.7 Å². The van der Waals surface area contributed by atoms with Gasteiger partial charge in [0.05, 0.1) is 0 Å². The number of allylic oxidation sites excluding steroid dienone is 1. The summed E-state index contributed by atoms with van der Waals surface area (Å²) in [5, 5.41) is 2.46. The summed E-state index contributed by atoms with van der Waals surface area (Å²) < 4.78 is 17.1. The summed E-state index contributed by atoms with van der Waals surface area (Å²) >= 11 is -0.121. The first-order chi connectivity index (χ1) is 13.3. The molecule has 1 atom stereocenters. The third-order valence-electron chi connectivity index (χ3n) is 5.46. The van der Waals surface area contributed by atoms with E-state index in [0.29, 0.717) is 5.92 Å². The maximum atomic E-state index is 6.26. The summed E-state index contributed by atoms with van der Waals surface area (Å²) in [6.07, 6.45) is 5.40. The van der Waals surface area contributed by atoms with Crippen LogP contribution in [0.1, 0.15) is 35.1 Å². The molecule has 0 radical (unpaired) electrons. The van der Waals surface area contributed by atoms with Gasteiger partial charge in [-0.3, -0.25) is 0 Å². The molecule has 3 heterocycles. The Morgan fingerprint density at radius 3 is 2.85 bits per heavy atom. The molecule has 0 bridgehead atoms. The number of rotatable bonds is 1. The van der Waals surface area contributed by atoms with E-state index in [4.69, 9.17) is 8.83 Å². The van der Waals surface area contributed by atoms with Gasteiger partial charge in [0, 0.05) is 27.5 Å². The Morgan fingerprint density at radius 1 is 1.00 bits per heavy atom. The fourth-order valence-corrected chi connectivity index (χ4v) is 6.26. The van der Waals surface area contributed by atoms with Gasteiger partial charge in [-0.25, -0.2) is 0 Å². The standard InChI is InChI=1S/C24H17IO2/c1-14-6-8-22-17(10-14)18-11-15(7-9-23(18)26-22)19-12-25-13-20-16-4-2-3-5-21(16)27-24(19)20/h2-9,11-14H,10H2,1H3. The van der Waals surface area contributed by atoms with Crippen molar-refractivity contribution >= 4 is 58.3 Å². The van der Waals surface area contributed by atoms with E-state index >= 15 is 0 Å². The maximum Gasteiger partial charge on any atom is 0.144 e. The number of benzene rings is 2. The average molecular weight is 464 g/mol. The third-order valence-corrected chi connectivity index (χ3v) is 7.42. The lowest BCUT2D eigenvalue weighted by Gasteiger charge is -2.12. The van der Waals surface area contributed by atoms with Crippen LogP contribution in [0.25, 0.3) is 33.6 Å². The molecule has 3 heteroatoms. The molecule has 1 aliphatic heterocycles. The molecule has 27 heavy (non-hydrogen) atoms. The summed E-state index contributed by atoms with van der Waals surface area (Å²) in [5.74, 6) is 2.58. The Balaban J connectivity index is 1.55. The predicted molar refractivity (Wildman–Crippen MR) is 121 cm³/mol. The largest absolute Gasteiger partial charge is 0.456 e. The van der Waals surface area contributed by atoms with Gasteiger partial charge >= 0.3 is 0 Å². The normalized spacial score (nSPS) is 18.3. The minimum Gasteiger partial charge on any atom is -0.456 e. The van der Waals surface area contributed by atoms with E-state index in [1.165, 1.54) is 33.0 Å². The minimum absolute atomic E-state index is 0.121. The van der Waals surface area contributed by atoms with Gasteiger partial charge in [-0.2, -0.15) is 0 Å². The van der Waals surface area contributed by atoms with Gasteiger partial charge in [0.25, 0.3) is 0 Å². The first kappa shape index (κ1) is 15.6. The van der Waals surface area contributed by atoms with Crippen molar-refractivity contribution in [3.63, 3.8) is 0 Å². The highest BCUT2D eigenvalue weighted by atomic mass is 127. The summed E-state index contributed by atoms with van der Waals surface area (Å²) in [5.41, 5.74) is 7.00. The quantitative estimate of drug-likeness (QED) is 0.286. The number of halogens is 1. The van der Waals surface area contributed by atoms with E-state index in [9.17, 15) is 0 Å². The van der Waals surface area contributed by atoms with Crippen LogP contribution in [0.3, 0.4) is 0 Å². The van der Waals surface area contributed by atoms with Crippen LogP contribution in [0.5, 0.6) is 0 Å². The van der Waals surface area contributed by atoms with E-state index in [1.54, 1.807) is 0 Å². The molecule has 6 rings (SSSR count). The van der Waals surface area contributed by atoms with E-state index in [2.05, 4.69) is 63.6 Å². The molecule has 2 nitrogen and oxygen atoms in total. The van der Waals surface area contributed by atoms with E-state index in [0.717, 1.165) is 29.1 Å². The second kappa shape index (κ2) is 5.80. The van der Waals surface area contributed by atoms with E-state index in [-0.39, 0.29) is 20.7 Å². The van der Waals surface area contributed by atoms with Crippen LogP contribution in [-0.4, -0.2) is 4.01 Å². The molecule has 2 aliphatic rings. The first-order valence-corrected chi connectivity index (χ1v) is 11.7. The Hall–Kier alpha value is -2.40. The van der Waals surface area contributed by atoms with Gasteiger partial charge in [0.2, 0.25) is 0 Å². The van der Waals surface area contributed by atoms with Crippen LogP contribution < -0.4 is 0 Å². The second-order valence-corrected chi connectivity index (χ2v) is 9.26. The monoisotopic (exact) mass is 464 g/mol. The molecule has 0 saturated carbocycles.